The third-order valence-corrected chi connectivity index (χ3v) is 0.362. The standard InChI is InChI=1S/C4H10O/c1-2-3-4-5/h5H,2-4H2,1H3/i2D2. The Kier molecular flexibility index (Phi) is 1.73. The lowest BCUT2D eigenvalue weighted by molar-refractivity contribution is 0.287. The fourth-order valence-electron chi connectivity index (χ4n) is 0.112. The van der Waals surface area contributed by atoms with E-state index in [9.17, 15) is 0 Å². The molecule has 0 bridgehead atoms. The predicted octanol–water partition coefficient (Wildman–Crippen LogP) is 0.779. The Bertz CT molecular complexity index is 48.1. The Morgan fingerprint density at radius 2 is 2.60 bits per heavy atom. The molecule has 32 valence electrons. The first-order chi connectivity index (χ1) is 3.06. The van der Waals surface area contributed by atoms with Crippen LogP contribution in [0.3, 0.4) is 0 Å². The first-order valence-corrected chi connectivity index (χ1v) is 1.67. The van der Waals surface area contributed by atoms with Gasteiger partial charge in [-0.05, 0) is 6.42 Å². The normalized spacial score (nSPS) is 17.2. The molecule has 0 atom stereocenters. The fourth-order valence-corrected chi connectivity index (χ4v) is 0.112. The second kappa shape index (κ2) is 3.96. The lowest BCUT2D eigenvalue weighted by atomic mass is 10.4. The van der Waals surface area contributed by atoms with E-state index in [0.29, 0.717) is 0 Å². The van der Waals surface area contributed by atoms with Gasteiger partial charge in [0, 0.05) is 9.35 Å². The van der Waals surface area contributed by atoms with Crippen molar-refractivity contribution in [1.29, 1.82) is 0 Å². The molecule has 0 aliphatic carbocycles. The van der Waals surface area contributed by atoms with Crippen molar-refractivity contribution in [3.63, 3.8) is 0 Å². The van der Waals surface area contributed by atoms with Gasteiger partial charge in [0.05, 0.1) is 0 Å². The lowest BCUT2D eigenvalue weighted by Gasteiger charge is -1.79. The fraction of sp³-hybridized carbons (Fsp3) is 1.00. The maximum atomic E-state index is 8.16. The molecular weight excluding hydrogens is 64.0 g/mol. The van der Waals surface area contributed by atoms with Crippen LogP contribution in [-0.2, 0) is 0 Å². The molecule has 5 heavy (non-hydrogen) atoms. The Morgan fingerprint density at radius 1 is 2.00 bits per heavy atom. The van der Waals surface area contributed by atoms with Gasteiger partial charge in [0.2, 0.25) is 0 Å². The van der Waals surface area contributed by atoms with Crippen LogP contribution < -0.4 is 0 Å². The summed E-state index contributed by atoms with van der Waals surface area (Å²) in [7, 11) is 0. The Labute approximate surface area is 35.4 Å². The van der Waals surface area contributed by atoms with Crippen molar-refractivity contribution in [2.45, 2.75) is 19.7 Å². The van der Waals surface area contributed by atoms with Crippen LogP contribution in [0.15, 0.2) is 0 Å². The maximum Gasteiger partial charge on any atom is 0.0430 e. The molecule has 0 aromatic rings. The summed E-state index contributed by atoms with van der Waals surface area (Å²) >= 11 is 0. The summed E-state index contributed by atoms with van der Waals surface area (Å²) in [5.74, 6) is 0. The van der Waals surface area contributed by atoms with Gasteiger partial charge in [-0.3, -0.25) is 0 Å². The molecular formula is C4H10O. The van der Waals surface area contributed by atoms with E-state index >= 15 is 0 Å². The van der Waals surface area contributed by atoms with Gasteiger partial charge in [0.15, 0.2) is 0 Å². The zero-order valence-electron chi connectivity index (χ0n) is 5.36. The molecule has 0 saturated heterocycles. The summed E-state index contributed by atoms with van der Waals surface area (Å²) in [6, 6.07) is 0. The minimum absolute atomic E-state index is 0.0660. The van der Waals surface area contributed by atoms with Crippen LogP contribution in [-0.4, -0.2) is 11.7 Å². The third-order valence-electron chi connectivity index (χ3n) is 0.362. The van der Waals surface area contributed by atoms with Gasteiger partial charge < -0.3 is 5.11 Å². The summed E-state index contributed by atoms with van der Waals surface area (Å²) < 4.78 is 13.7. The van der Waals surface area contributed by atoms with Gasteiger partial charge in [-0.15, -0.1) is 0 Å². The zero-order chi connectivity index (χ0) is 5.91. The van der Waals surface area contributed by atoms with E-state index in [1.165, 1.54) is 6.92 Å². The van der Waals surface area contributed by atoms with Gasteiger partial charge in [-0.25, -0.2) is 0 Å². The summed E-state index contributed by atoms with van der Waals surface area (Å²) in [6.45, 7) is 1.38. The van der Waals surface area contributed by atoms with E-state index in [0.717, 1.165) is 0 Å². The second-order valence-corrected chi connectivity index (χ2v) is 0.827. The summed E-state index contributed by atoms with van der Waals surface area (Å²) in [5.41, 5.74) is 0. The van der Waals surface area contributed by atoms with E-state index in [4.69, 9.17) is 7.85 Å². The van der Waals surface area contributed by atoms with E-state index in [-0.39, 0.29) is 13.0 Å². The molecule has 0 heterocycles. The number of hydrogen-bond donors (Lipinski definition) is 1. The summed E-state index contributed by atoms with van der Waals surface area (Å²) in [4.78, 5) is 0. The van der Waals surface area contributed by atoms with Crippen molar-refractivity contribution in [2.24, 2.45) is 0 Å². The lowest BCUT2D eigenvalue weighted by Crippen LogP contribution is -1.75. The smallest absolute Gasteiger partial charge is 0.0430 e. The first-order valence-electron chi connectivity index (χ1n) is 2.67. The molecule has 0 unspecified atom stereocenters. The predicted molar refractivity (Wildman–Crippen MR) is 22.0 cm³/mol. The van der Waals surface area contributed by atoms with Crippen molar-refractivity contribution in [3.05, 3.63) is 0 Å². The van der Waals surface area contributed by atoms with E-state index in [2.05, 4.69) is 0 Å². The van der Waals surface area contributed by atoms with Gasteiger partial charge in [-0.2, -0.15) is 0 Å². The van der Waals surface area contributed by atoms with Crippen LogP contribution in [0.25, 0.3) is 0 Å². The van der Waals surface area contributed by atoms with Crippen molar-refractivity contribution < 1.29 is 7.85 Å². The van der Waals surface area contributed by atoms with Crippen molar-refractivity contribution in [1.82, 2.24) is 0 Å². The van der Waals surface area contributed by atoms with Gasteiger partial charge >= 0.3 is 0 Å². The zero-order valence-corrected chi connectivity index (χ0v) is 3.36. The SMILES string of the molecule is [2H]C([2H])(C)CCO. The van der Waals surface area contributed by atoms with E-state index in [1.807, 2.05) is 0 Å². The van der Waals surface area contributed by atoms with Crippen molar-refractivity contribution >= 4 is 0 Å². The highest BCUT2D eigenvalue weighted by molar-refractivity contribution is 4.23. The first kappa shape index (κ1) is 2.19. The Morgan fingerprint density at radius 3 is 2.60 bits per heavy atom. The molecule has 0 radical (unpaired) electrons. The minimum atomic E-state index is -1.20. The number of rotatable bonds is 2. The average molecular weight is 76.1 g/mol. The molecule has 0 fully saturated rings. The van der Waals surface area contributed by atoms with Crippen molar-refractivity contribution in [2.75, 3.05) is 6.61 Å². The molecule has 0 rings (SSSR count). The molecule has 1 N–H and O–H groups in total. The molecule has 0 aliphatic heterocycles. The number of aliphatic hydroxyl groups is 1. The highest BCUT2D eigenvalue weighted by Gasteiger charge is 1.69. The summed E-state index contributed by atoms with van der Waals surface area (Å²) in [5, 5.41) is 8.16. The van der Waals surface area contributed by atoms with Crippen LogP contribution in [0.2, 0.25) is 0 Å². The minimum Gasteiger partial charge on any atom is -0.396 e. The van der Waals surface area contributed by atoms with Gasteiger partial charge in [0.25, 0.3) is 0 Å². The van der Waals surface area contributed by atoms with E-state index in [1.54, 1.807) is 0 Å². The molecule has 0 aromatic heterocycles. The van der Waals surface area contributed by atoms with Gasteiger partial charge in [-0.1, -0.05) is 13.3 Å². The topological polar surface area (TPSA) is 20.2 Å². The van der Waals surface area contributed by atoms with Crippen LogP contribution in [0, 0.1) is 0 Å². The molecule has 0 spiro atoms. The molecule has 0 aromatic carbocycles. The average Bonchev–Trinajstić information content (AvgIpc) is 1.30. The highest BCUT2D eigenvalue weighted by Crippen LogP contribution is 1.78. The quantitative estimate of drug-likeness (QED) is 0.515. The maximum absolute atomic E-state index is 8.16. The molecule has 0 amide bonds. The monoisotopic (exact) mass is 76.1 g/mol. The largest absolute Gasteiger partial charge is 0.396 e. The molecule has 0 saturated carbocycles. The number of aliphatic hydroxyl groups excluding tert-OH is 1. The van der Waals surface area contributed by atoms with Crippen molar-refractivity contribution in [3.8, 4) is 0 Å². The van der Waals surface area contributed by atoms with Crippen LogP contribution in [0.5, 0.6) is 0 Å². The van der Waals surface area contributed by atoms with E-state index < -0.39 is 6.37 Å². The summed E-state index contributed by atoms with van der Waals surface area (Å²) in [6.07, 6.45) is -0.970. The van der Waals surface area contributed by atoms with Gasteiger partial charge in [0.1, 0.15) is 0 Å². The Hall–Kier alpha value is -0.0400. The highest BCUT2D eigenvalue weighted by atomic mass is 16.2. The second-order valence-electron chi connectivity index (χ2n) is 0.827. The van der Waals surface area contributed by atoms with Crippen LogP contribution in [0.1, 0.15) is 22.5 Å². The molecule has 1 heteroatoms. The van der Waals surface area contributed by atoms with Crippen LogP contribution >= 0.6 is 0 Å². The third kappa shape index (κ3) is 3.96. The number of hydrogen-bond acceptors (Lipinski definition) is 1. The Balaban J connectivity index is 3.15. The molecule has 1 nitrogen and oxygen atoms in total. The van der Waals surface area contributed by atoms with Crippen LogP contribution in [0.4, 0.5) is 0 Å². The molecule has 0 aliphatic rings.